The Bertz CT molecular complexity index is 771. The van der Waals surface area contributed by atoms with E-state index in [0.717, 1.165) is 20.1 Å². The van der Waals surface area contributed by atoms with Gasteiger partial charge in [0.25, 0.3) is 11.7 Å². The zero-order valence-corrected chi connectivity index (χ0v) is 14.4. The molecule has 0 aliphatic carbocycles. The van der Waals surface area contributed by atoms with Crippen LogP contribution in [0.4, 0.5) is 5.69 Å². The molecule has 106 valence electrons. The third-order valence-electron chi connectivity index (χ3n) is 3.45. The van der Waals surface area contributed by atoms with Crippen molar-refractivity contribution in [2.24, 2.45) is 0 Å². The monoisotopic (exact) mass is 407 g/mol. The quantitative estimate of drug-likeness (QED) is 0.696. The number of anilines is 1. The number of nitrogens with zero attached hydrogens (tertiary/aromatic N) is 1. The maximum absolute atomic E-state index is 12.3. The molecule has 0 unspecified atom stereocenters. The Morgan fingerprint density at radius 3 is 2.52 bits per heavy atom. The number of rotatable bonds is 2. The number of amides is 1. The summed E-state index contributed by atoms with van der Waals surface area (Å²) in [6.45, 7) is 2.29. The molecule has 2 aromatic carbocycles. The largest absolute Gasteiger partial charge is 0.300 e. The molecule has 0 aromatic heterocycles. The van der Waals surface area contributed by atoms with Crippen molar-refractivity contribution in [3.63, 3.8) is 0 Å². The number of hydrogen-bond acceptors (Lipinski definition) is 2. The Morgan fingerprint density at radius 2 is 1.81 bits per heavy atom. The van der Waals surface area contributed by atoms with Crippen LogP contribution in [0.3, 0.4) is 0 Å². The minimum absolute atomic E-state index is 0.388. The molecule has 0 atom stereocenters. The summed E-state index contributed by atoms with van der Waals surface area (Å²) in [5.41, 5.74) is 3.07. The summed E-state index contributed by atoms with van der Waals surface area (Å²) in [5, 5.41) is 0. The van der Waals surface area contributed by atoms with Gasteiger partial charge in [0.1, 0.15) is 0 Å². The van der Waals surface area contributed by atoms with Crippen LogP contribution >= 0.6 is 31.9 Å². The summed E-state index contributed by atoms with van der Waals surface area (Å²) in [6, 6.07) is 11.4. The highest BCUT2D eigenvalue weighted by Gasteiger charge is 2.37. The number of hydrogen-bond donors (Lipinski definition) is 0. The van der Waals surface area contributed by atoms with Gasteiger partial charge in [0.05, 0.1) is 17.8 Å². The van der Waals surface area contributed by atoms with Gasteiger partial charge in [-0.1, -0.05) is 44.0 Å². The molecule has 3 rings (SSSR count). The van der Waals surface area contributed by atoms with E-state index in [-0.39, 0.29) is 0 Å². The molecular formula is C16H11Br2NO2. The second-order valence-corrected chi connectivity index (χ2v) is 6.80. The molecule has 1 aliphatic heterocycles. The van der Waals surface area contributed by atoms with Crippen molar-refractivity contribution in [3.05, 3.63) is 62.0 Å². The van der Waals surface area contributed by atoms with E-state index in [1.165, 1.54) is 0 Å². The fourth-order valence-electron chi connectivity index (χ4n) is 2.57. The number of aryl methyl sites for hydroxylation is 1. The van der Waals surface area contributed by atoms with E-state index in [1.54, 1.807) is 11.0 Å². The Morgan fingerprint density at radius 1 is 1.05 bits per heavy atom. The van der Waals surface area contributed by atoms with Gasteiger partial charge in [-0.25, -0.2) is 0 Å². The molecule has 1 heterocycles. The predicted molar refractivity (Wildman–Crippen MR) is 88.5 cm³/mol. The van der Waals surface area contributed by atoms with E-state index in [4.69, 9.17) is 0 Å². The van der Waals surface area contributed by atoms with Crippen molar-refractivity contribution in [3.8, 4) is 0 Å². The molecule has 0 fully saturated rings. The number of carbonyl (C=O) groups excluding carboxylic acids is 2. The maximum atomic E-state index is 12.3. The minimum Gasteiger partial charge on any atom is -0.300 e. The lowest BCUT2D eigenvalue weighted by Crippen LogP contribution is -2.29. The van der Waals surface area contributed by atoms with Crippen molar-refractivity contribution < 1.29 is 9.59 Å². The van der Waals surface area contributed by atoms with Crippen LogP contribution in [0.2, 0.25) is 0 Å². The molecule has 0 saturated heterocycles. The first-order valence-corrected chi connectivity index (χ1v) is 7.97. The smallest absolute Gasteiger partial charge is 0.299 e. The van der Waals surface area contributed by atoms with E-state index in [9.17, 15) is 9.59 Å². The van der Waals surface area contributed by atoms with E-state index in [0.29, 0.717) is 17.8 Å². The summed E-state index contributed by atoms with van der Waals surface area (Å²) in [5.74, 6) is -0.907. The van der Waals surface area contributed by atoms with Crippen molar-refractivity contribution in [2.45, 2.75) is 13.5 Å². The van der Waals surface area contributed by atoms with Crippen LogP contribution in [-0.4, -0.2) is 11.7 Å². The number of fused-ring (bicyclic) bond motifs is 1. The van der Waals surface area contributed by atoms with Gasteiger partial charge in [0, 0.05) is 8.95 Å². The summed E-state index contributed by atoms with van der Waals surface area (Å²) < 4.78 is 1.76. The third kappa shape index (κ3) is 2.56. The number of ketones is 1. The Hall–Kier alpha value is -1.46. The second kappa shape index (κ2) is 5.39. The van der Waals surface area contributed by atoms with Crippen LogP contribution in [0, 0.1) is 6.92 Å². The average molecular weight is 409 g/mol. The highest BCUT2D eigenvalue weighted by Crippen LogP contribution is 2.36. The maximum Gasteiger partial charge on any atom is 0.299 e. The topological polar surface area (TPSA) is 37.4 Å². The first-order chi connectivity index (χ1) is 9.97. The van der Waals surface area contributed by atoms with E-state index < -0.39 is 11.7 Å². The summed E-state index contributed by atoms with van der Waals surface area (Å²) in [4.78, 5) is 26.0. The van der Waals surface area contributed by atoms with Gasteiger partial charge in [-0.05, 0) is 42.3 Å². The van der Waals surface area contributed by atoms with Crippen molar-refractivity contribution in [2.75, 3.05) is 4.90 Å². The fourth-order valence-corrected chi connectivity index (χ4v) is 3.59. The lowest BCUT2D eigenvalue weighted by atomic mass is 10.1. The van der Waals surface area contributed by atoms with E-state index in [1.807, 2.05) is 37.3 Å². The van der Waals surface area contributed by atoms with Crippen LogP contribution in [0.1, 0.15) is 21.5 Å². The predicted octanol–water partition coefficient (Wildman–Crippen LogP) is 4.25. The van der Waals surface area contributed by atoms with Crippen molar-refractivity contribution >= 4 is 49.2 Å². The molecule has 2 aromatic rings. The average Bonchev–Trinajstić information content (AvgIpc) is 2.64. The van der Waals surface area contributed by atoms with Crippen LogP contribution in [0.15, 0.2) is 45.3 Å². The highest BCUT2D eigenvalue weighted by molar-refractivity contribution is 9.10. The molecule has 21 heavy (non-hydrogen) atoms. The van der Waals surface area contributed by atoms with Gasteiger partial charge in [-0.3, -0.25) is 9.59 Å². The molecule has 0 saturated carbocycles. The van der Waals surface area contributed by atoms with Crippen LogP contribution in [0.5, 0.6) is 0 Å². The molecule has 3 nitrogen and oxygen atoms in total. The molecule has 1 aliphatic rings. The van der Waals surface area contributed by atoms with Gasteiger partial charge in [0.2, 0.25) is 0 Å². The number of benzene rings is 2. The molecule has 0 radical (unpaired) electrons. The van der Waals surface area contributed by atoms with E-state index in [2.05, 4.69) is 31.9 Å². The van der Waals surface area contributed by atoms with Crippen LogP contribution in [0.25, 0.3) is 0 Å². The molecule has 1 amide bonds. The van der Waals surface area contributed by atoms with Gasteiger partial charge < -0.3 is 4.90 Å². The van der Waals surface area contributed by atoms with Gasteiger partial charge >= 0.3 is 0 Å². The second-order valence-electron chi connectivity index (χ2n) is 4.97. The Kier molecular flexibility index (Phi) is 3.71. The summed E-state index contributed by atoms with van der Waals surface area (Å²) >= 11 is 6.79. The zero-order valence-electron chi connectivity index (χ0n) is 11.2. The summed E-state index contributed by atoms with van der Waals surface area (Å²) in [6.07, 6.45) is 0. The van der Waals surface area contributed by atoms with E-state index >= 15 is 0 Å². The van der Waals surface area contributed by atoms with Crippen molar-refractivity contribution in [1.29, 1.82) is 0 Å². The van der Waals surface area contributed by atoms with Gasteiger partial charge in [-0.2, -0.15) is 0 Å². The first-order valence-electron chi connectivity index (χ1n) is 6.38. The molecular weight excluding hydrogens is 398 g/mol. The summed E-state index contributed by atoms with van der Waals surface area (Å²) in [7, 11) is 0. The van der Waals surface area contributed by atoms with Crippen LogP contribution in [-0.2, 0) is 11.3 Å². The van der Waals surface area contributed by atoms with Gasteiger partial charge in [-0.15, -0.1) is 0 Å². The SMILES string of the molecule is Cc1cc(Br)cc2c1N(Cc1cccc(Br)c1)C(=O)C2=O. The minimum atomic E-state index is -0.467. The highest BCUT2D eigenvalue weighted by atomic mass is 79.9. The lowest BCUT2D eigenvalue weighted by Gasteiger charge is -2.19. The Labute approximate surface area is 139 Å². The Balaban J connectivity index is 2.05. The third-order valence-corrected chi connectivity index (χ3v) is 4.40. The molecule has 5 heteroatoms. The number of Topliss-reactive ketones (excluding diaryl/α,β-unsaturated/α-hetero) is 1. The standard InChI is InChI=1S/C16H11Br2NO2/c1-9-5-12(18)7-13-14(9)19(16(21)15(13)20)8-10-3-2-4-11(17)6-10/h2-7H,8H2,1H3. The van der Waals surface area contributed by atoms with Crippen LogP contribution < -0.4 is 4.90 Å². The molecule has 0 spiro atoms. The van der Waals surface area contributed by atoms with Gasteiger partial charge in [0.15, 0.2) is 0 Å². The normalized spacial score (nSPS) is 13.8. The zero-order chi connectivity index (χ0) is 15.1. The fraction of sp³-hybridized carbons (Fsp3) is 0.125. The lowest BCUT2D eigenvalue weighted by molar-refractivity contribution is -0.114. The molecule has 0 N–H and O–H groups in total. The number of halogens is 2. The number of carbonyl (C=O) groups is 2. The van der Waals surface area contributed by atoms with Crippen molar-refractivity contribution in [1.82, 2.24) is 0 Å². The molecule has 0 bridgehead atoms. The first kappa shape index (κ1) is 14.5.